The molecule has 0 amide bonds. The molecule has 1 saturated heterocycles. The first-order valence-corrected chi connectivity index (χ1v) is 9.95. The number of thiazole rings is 1. The second-order valence-electron chi connectivity index (χ2n) is 6.51. The van der Waals surface area contributed by atoms with Crippen LogP contribution in [0.2, 0.25) is 5.02 Å². The largest absolute Gasteiger partial charge is 0.369 e. The zero-order valence-corrected chi connectivity index (χ0v) is 16.2. The minimum atomic E-state index is 0.714. The smallest absolute Gasteiger partial charge is 0.187 e. The standard InChI is InChI=1S/C20H21ClN4S/c1-24-9-11-25(12-10-24)18-7-5-15(6-8-18)19-14-26-20(23-19)22-17-4-2-3-16(21)13-17/h2-8,13-14H,9-12H2,1H3,(H,22,23). The quantitative estimate of drug-likeness (QED) is 0.688. The summed E-state index contributed by atoms with van der Waals surface area (Å²) in [6.07, 6.45) is 0. The van der Waals surface area contributed by atoms with Gasteiger partial charge >= 0.3 is 0 Å². The van der Waals surface area contributed by atoms with E-state index in [1.165, 1.54) is 5.69 Å². The van der Waals surface area contributed by atoms with Crippen molar-refractivity contribution in [3.05, 3.63) is 58.9 Å². The van der Waals surface area contributed by atoms with Crippen LogP contribution in [0, 0.1) is 0 Å². The molecule has 1 N–H and O–H groups in total. The van der Waals surface area contributed by atoms with Crippen LogP contribution in [0.1, 0.15) is 0 Å². The summed E-state index contributed by atoms with van der Waals surface area (Å²) in [7, 11) is 2.18. The first-order chi connectivity index (χ1) is 12.7. The molecule has 0 unspecified atom stereocenters. The average molecular weight is 385 g/mol. The van der Waals surface area contributed by atoms with Gasteiger partial charge in [-0.1, -0.05) is 29.8 Å². The molecule has 3 aromatic rings. The van der Waals surface area contributed by atoms with Crippen molar-refractivity contribution in [2.45, 2.75) is 0 Å². The van der Waals surface area contributed by atoms with Gasteiger partial charge in [0.1, 0.15) is 0 Å². The third-order valence-electron chi connectivity index (χ3n) is 4.61. The number of nitrogens with one attached hydrogen (secondary N) is 1. The van der Waals surface area contributed by atoms with Crippen LogP contribution in [0.4, 0.5) is 16.5 Å². The van der Waals surface area contributed by atoms with E-state index in [0.29, 0.717) is 5.02 Å². The molecular weight excluding hydrogens is 364 g/mol. The number of rotatable bonds is 4. The van der Waals surface area contributed by atoms with Crippen LogP contribution in [-0.2, 0) is 0 Å². The lowest BCUT2D eigenvalue weighted by Crippen LogP contribution is -2.44. The van der Waals surface area contributed by atoms with Gasteiger partial charge < -0.3 is 15.1 Å². The average Bonchev–Trinajstić information content (AvgIpc) is 3.11. The van der Waals surface area contributed by atoms with E-state index in [1.54, 1.807) is 11.3 Å². The second kappa shape index (κ2) is 7.66. The van der Waals surface area contributed by atoms with Gasteiger partial charge in [-0.2, -0.15) is 0 Å². The number of piperazine rings is 1. The van der Waals surface area contributed by atoms with Crippen molar-refractivity contribution >= 4 is 39.4 Å². The summed E-state index contributed by atoms with van der Waals surface area (Å²) in [6.45, 7) is 4.40. The fourth-order valence-corrected chi connectivity index (χ4v) is 3.99. The molecule has 0 bridgehead atoms. The number of likely N-dealkylation sites (N-methyl/N-ethyl adjacent to an activating group) is 1. The van der Waals surface area contributed by atoms with E-state index in [2.05, 4.69) is 51.8 Å². The van der Waals surface area contributed by atoms with E-state index in [4.69, 9.17) is 16.6 Å². The molecule has 1 aliphatic rings. The Kier molecular flexibility index (Phi) is 5.11. The Bertz CT molecular complexity index is 870. The third kappa shape index (κ3) is 4.01. The van der Waals surface area contributed by atoms with Crippen molar-refractivity contribution in [3.8, 4) is 11.3 Å². The van der Waals surface area contributed by atoms with Crippen LogP contribution in [0.15, 0.2) is 53.9 Å². The monoisotopic (exact) mass is 384 g/mol. The molecule has 0 spiro atoms. The zero-order chi connectivity index (χ0) is 17.9. The topological polar surface area (TPSA) is 31.4 Å². The van der Waals surface area contributed by atoms with E-state index in [1.807, 2.05) is 24.3 Å². The predicted octanol–water partition coefficient (Wildman–Crippen LogP) is 4.96. The SMILES string of the molecule is CN1CCN(c2ccc(-c3csc(Nc4cccc(Cl)c4)n3)cc2)CC1. The van der Waals surface area contributed by atoms with Crippen molar-refractivity contribution in [1.82, 2.24) is 9.88 Å². The third-order valence-corrected chi connectivity index (χ3v) is 5.60. The summed E-state index contributed by atoms with van der Waals surface area (Å²) in [4.78, 5) is 9.51. The van der Waals surface area contributed by atoms with Crippen molar-refractivity contribution in [2.24, 2.45) is 0 Å². The van der Waals surface area contributed by atoms with Gasteiger partial charge in [-0.15, -0.1) is 11.3 Å². The van der Waals surface area contributed by atoms with Crippen molar-refractivity contribution in [1.29, 1.82) is 0 Å². The van der Waals surface area contributed by atoms with Crippen LogP contribution >= 0.6 is 22.9 Å². The van der Waals surface area contributed by atoms with Gasteiger partial charge in [-0.3, -0.25) is 0 Å². The maximum Gasteiger partial charge on any atom is 0.187 e. The molecule has 1 aromatic heterocycles. The van der Waals surface area contributed by atoms with Crippen LogP contribution < -0.4 is 10.2 Å². The highest BCUT2D eigenvalue weighted by molar-refractivity contribution is 7.14. The van der Waals surface area contributed by atoms with E-state index in [0.717, 1.165) is 48.3 Å². The van der Waals surface area contributed by atoms with Gasteiger partial charge in [-0.05, 0) is 37.4 Å². The van der Waals surface area contributed by atoms with E-state index < -0.39 is 0 Å². The number of hydrogen-bond acceptors (Lipinski definition) is 5. The lowest BCUT2D eigenvalue weighted by Gasteiger charge is -2.34. The normalized spacial score (nSPS) is 15.2. The van der Waals surface area contributed by atoms with Crippen molar-refractivity contribution in [2.75, 3.05) is 43.4 Å². The molecule has 26 heavy (non-hydrogen) atoms. The summed E-state index contributed by atoms with van der Waals surface area (Å²) in [5, 5.41) is 6.97. The number of aromatic nitrogens is 1. The van der Waals surface area contributed by atoms with Crippen molar-refractivity contribution < 1.29 is 0 Å². The Morgan fingerprint density at radius 2 is 1.81 bits per heavy atom. The molecular formula is C20H21ClN4S. The molecule has 0 aliphatic carbocycles. The summed E-state index contributed by atoms with van der Waals surface area (Å²) in [6, 6.07) is 16.4. The fourth-order valence-electron chi connectivity index (χ4n) is 3.06. The maximum atomic E-state index is 6.04. The predicted molar refractivity (Wildman–Crippen MR) is 112 cm³/mol. The van der Waals surface area contributed by atoms with E-state index >= 15 is 0 Å². The summed E-state index contributed by atoms with van der Waals surface area (Å²) in [5.74, 6) is 0. The molecule has 0 atom stereocenters. The van der Waals surface area contributed by atoms with E-state index in [9.17, 15) is 0 Å². The lowest BCUT2D eigenvalue weighted by atomic mass is 10.1. The Balaban J connectivity index is 1.45. The van der Waals surface area contributed by atoms with Crippen LogP contribution in [-0.4, -0.2) is 43.1 Å². The first kappa shape index (κ1) is 17.3. The molecule has 0 radical (unpaired) electrons. The Morgan fingerprint density at radius 3 is 2.54 bits per heavy atom. The molecule has 0 saturated carbocycles. The molecule has 4 rings (SSSR count). The molecule has 4 nitrogen and oxygen atoms in total. The van der Waals surface area contributed by atoms with E-state index in [-0.39, 0.29) is 0 Å². The number of anilines is 3. The molecule has 1 fully saturated rings. The van der Waals surface area contributed by atoms with Gasteiger partial charge in [0.2, 0.25) is 0 Å². The number of hydrogen-bond donors (Lipinski definition) is 1. The lowest BCUT2D eigenvalue weighted by molar-refractivity contribution is 0.313. The highest BCUT2D eigenvalue weighted by Crippen LogP contribution is 2.29. The minimum Gasteiger partial charge on any atom is -0.369 e. The zero-order valence-electron chi connectivity index (χ0n) is 14.7. The fraction of sp³-hybridized carbons (Fsp3) is 0.250. The van der Waals surface area contributed by atoms with Gasteiger partial charge in [-0.25, -0.2) is 4.98 Å². The van der Waals surface area contributed by atoms with Gasteiger partial charge in [0.15, 0.2) is 5.13 Å². The maximum absolute atomic E-state index is 6.04. The second-order valence-corrected chi connectivity index (χ2v) is 7.80. The molecule has 134 valence electrons. The van der Waals surface area contributed by atoms with Crippen LogP contribution in [0.5, 0.6) is 0 Å². The first-order valence-electron chi connectivity index (χ1n) is 8.69. The number of nitrogens with zero attached hydrogens (tertiary/aromatic N) is 3. The molecule has 1 aliphatic heterocycles. The van der Waals surface area contributed by atoms with Crippen molar-refractivity contribution in [3.63, 3.8) is 0 Å². The Labute approximate surface area is 163 Å². The summed E-state index contributed by atoms with van der Waals surface area (Å²) >= 11 is 7.63. The highest BCUT2D eigenvalue weighted by Gasteiger charge is 2.14. The Hall–Kier alpha value is -2.08. The molecule has 6 heteroatoms. The highest BCUT2D eigenvalue weighted by atomic mass is 35.5. The summed E-state index contributed by atoms with van der Waals surface area (Å²) in [5.41, 5.74) is 4.36. The van der Waals surface area contributed by atoms with Gasteiger partial charge in [0.25, 0.3) is 0 Å². The number of halogens is 1. The molecule has 2 heterocycles. The van der Waals surface area contributed by atoms with Crippen LogP contribution in [0.25, 0.3) is 11.3 Å². The van der Waals surface area contributed by atoms with Gasteiger partial charge in [0, 0.05) is 53.5 Å². The minimum absolute atomic E-state index is 0.714. The number of benzene rings is 2. The van der Waals surface area contributed by atoms with Gasteiger partial charge in [0.05, 0.1) is 5.69 Å². The Morgan fingerprint density at radius 1 is 1.04 bits per heavy atom. The summed E-state index contributed by atoms with van der Waals surface area (Å²) < 4.78 is 0. The van der Waals surface area contributed by atoms with Crippen LogP contribution in [0.3, 0.4) is 0 Å². The molecule has 2 aromatic carbocycles.